The Morgan fingerprint density at radius 1 is 0.604 bits per heavy atom. The highest BCUT2D eigenvalue weighted by Crippen LogP contribution is 2.34. The third kappa shape index (κ3) is 10.3. The zero-order valence-corrected chi connectivity index (χ0v) is 27.9. The fourth-order valence-electron chi connectivity index (χ4n) is 6.96. The molecule has 1 heterocycles. The topological polar surface area (TPSA) is 66.4 Å². The highest BCUT2D eigenvalue weighted by molar-refractivity contribution is 5.17. The van der Waals surface area contributed by atoms with Gasteiger partial charge in [0.1, 0.15) is 24.4 Å². The van der Waals surface area contributed by atoms with Gasteiger partial charge in [0, 0.05) is 0 Å². The zero-order chi connectivity index (χ0) is 32.8. The van der Waals surface area contributed by atoms with Crippen LogP contribution in [0.25, 0.3) is 0 Å². The van der Waals surface area contributed by atoms with Crippen molar-refractivity contribution < 1.29 is 28.8 Å². The lowest BCUT2D eigenvalue weighted by Crippen LogP contribution is -2.61. The first-order valence-corrected chi connectivity index (χ1v) is 17.7. The fourth-order valence-corrected chi connectivity index (χ4v) is 6.96. The Kier molecular flexibility index (Phi) is 13.2. The molecule has 1 aliphatic carbocycles. The smallest absolute Gasteiger partial charge is 0.187 e. The second kappa shape index (κ2) is 18.4. The molecule has 2 aliphatic rings. The molecule has 0 radical (unpaired) electrons. The summed E-state index contributed by atoms with van der Waals surface area (Å²) in [7, 11) is 0. The maximum Gasteiger partial charge on any atom is 0.187 e. The molecule has 0 bridgehead atoms. The van der Waals surface area contributed by atoms with Gasteiger partial charge in [0.2, 0.25) is 0 Å². The van der Waals surface area contributed by atoms with Crippen molar-refractivity contribution in [1.82, 2.24) is 0 Å². The van der Waals surface area contributed by atoms with Crippen LogP contribution in [-0.2, 0) is 49.9 Å². The number of ether oxygens (including phenoxy) is 5. The molecule has 4 aromatic rings. The van der Waals surface area contributed by atoms with Crippen LogP contribution in [0, 0.1) is 5.92 Å². The number of aliphatic hydroxyl groups is 1. The van der Waals surface area contributed by atoms with Crippen LogP contribution in [0.2, 0.25) is 0 Å². The lowest BCUT2D eigenvalue weighted by atomic mass is 9.84. The van der Waals surface area contributed by atoms with Crippen molar-refractivity contribution in [3.8, 4) is 0 Å². The molecular weight excluding hydrogens is 600 g/mol. The molecule has 48 heavy (non-hydrogen) atoms. The molecule has 1 saturated heterocycles. The normalized spacial score (nSPS) is 23.9. The van der Waals surface area contributed by atoms with Crippen molar-refractivity contribution in [3.63, 3.8) is 0 Å². The van der Waals surface area contributed by atoms with Gasteiger partial charge in [-0.1, -0.05) is 153 Å². The molecule has 2 unspecified atom stereocenters. The Balaban J connectivity index is 1.26. The minimum absolute atomic E-state index is 0.100. The van der Waals surface area contributed by atoms with Gasteiger partial charge in [0.25, 0.3) is 0 Å². The van der Waals surface area contributed by atoms with Gasteiger partial charge < -0.3 is 28.8 Å². The van der Waals surface area contributed by atoms with Gasteiger partial charge in [-0.25, -0.2) is 0 Å². The molecule has 6 nitrogen and oxygen atoms in total. The molecule has 0 spiro atoms. The highest BCUT2D eigenvalue weighted by atomic mass is 16.7. The second-order valence-electron chi connectivity index (χ2n) is 13.2. The van der Waals surface area contributed by atoms with E-state index in [9.17, 15) is 5.11 Å². The van der Waals surface area contributed by atoms with Gasteiger partial charge >= 0.3 is 0 Å². The summed E-state index contributed by atoms with van der Waals surface area (Å²) in [4.78, 5) is 0. The summed E-state index contributed by atoms with van der Waals surface area (Å²) >= 11 is 0. The van der Waals surface area contributed by atoms with E-state index in [1.165, 1.54) is 37.7 Å². The van der Waals surface area contributed by atoms with Crippen LogP contribution in [0.3, 0.4) is 0 Å². The zero-order valence-electron chi connectivity index (χ0n) is 27.9. The summed E-state index contributed by atoms with van der Waals surface area (Å²) in [5, 5.41) is 12.1. The number of aliphatic hydroxyl groups excluding tert-OH is 1. The van der Waals surface area contributed by atoms with E-state index in [4.69, 9.17) is 23.7 Å². The van der Waals surface area contributed by atoms with E-state index in [1.54, 1.807) is 0 Å². The molecule has 1 N–H and O–H groups in total. The maximum absolute atomic E-state index is 12.1. The predicted molar refractivity (Wildman–Crippen MR) is 187 cm³/mol. The monoisotopic (exact) mass is 650 g/mol. The van der Waals surface area contributed by atoms with Crippen LogP contribution < -0.4 is 0 Å². The van der Waals surface area contributed by atoms with Gasteiger partial charge in [-0.05, 0) is 41.0 Å². The Morgan fingerprint density at radius 3 is 1.71 bits per heavy atom. The summed E-state index contributed by atoms with van der Waals surface area (Å²) in [6.07, 6.45) is 4.10. The lowest BCUT2D eigenvalue weighted by molar-refractivity contribution is -0.327. The van der Waals surface area contributed by atoms with Crippen molar-refractivity contribution in [2.75, 3.05) is 6.61 Å². The Bertz CT molecular complexity index is 1430. The standard InChI is InChI=1S/C42H50O6/c43-39-38(31-44-28-34-20-10-3-11-21-34)48-42(46-30-36-24-14-5-15-25-36)41(45-29-35-22-12-4-13-23-35)40(39)47-37(26-32-16-6-1-7-17-32)27-33-18-8-2-9-19-33/h1,3-7,10-17,20-25,33,37-43H,2,8-9,18-19,26-31H2/t37-,38?,39+,40+,41?,42-/m1/s1. The molecule has 0 aromatic heterocycles. The molecule has 0 amide bonds. The Labute approximate surface area is 286 Å². The van der Waals surface area contributed by atoms with Crippen molar-refractivity contribution in [2.45, 2.75) is 102 Å². The van der Waals surface area contributed by atoms with E-state index in [-0.39, 0.29) is 12.7 Å². The van der Waals surface area contributed by atoms with Crippen LogP contribution in [0.15, 0.2) is 121 Å². The molecule has 4 aromatic carbocycles. The highest BCUT2D eigenvalue weighted by Gasteiger charge is 2.48. The largest absolute Gasteiger partial charge is 0.387 e. The summed E-state index contributed by atoms with van der Waals surface area (Å²) in [5.41, 5.74) is 4.35. The first kappa shape index (κ1) is 34.5. The first-order valence-electron chi connectivity index (χ1n) is 17.7. The van der Waals surface area contributed by atoms with E-state index < -0.39 is 30.7 Å². The van der Waals surface area contributed by atoms with Gasteiger partial charge in [-0.3, -0.25) is 0 Å². The number of hydrogen-bond acceptors (Lipinski definition) is 6. The van der Waals surface area contributed by atoms with Crippen LogP contribution in [0.1, 0.15) is 60.8 Å². The van der Waals surface area contributed by atoms with Crippen LogP contribution in [-0.4, -0.2) is 48.5 Å². The molecule has 6 rings (SSSR count). The molecule has 254 valence electrons. The Morgan fingerprint density at radius 2 is 1.12 bits per heavy atom. The minimum atomic E-state index is -0.984. The summed E-state index contributed by atoms with van der Waals surface area (Å²) < 4.78 is 32.9. The number of benzene rings is 4. The number of rotatable bonds is 16. The Hall–Kier alpha value is -3.36. The van der Waals surface area contributed by atoms with E-state index in [2.05, 4.69) is 24.3 Å². The molecular formula is C42H50O6. The summed E-state index contributed by atoms with van der Waals surface area (Å²) in [5.74, 6) is 0.600. The van der Waals surface area contributed by atoms with E-state index >= 15 is 0 Å². The molecule has 2 fully saturated rings. The van der Waals surface area contributed by atoms with E-state index in [1.807, 2.05) is 97.1 Å². The van der Waals surface area contributed by atoms with Crippen molar-refractivity contribution in [3.05, 3.63) is 144 Å². The second-order valence-corrected chi connectivity index (χ2v) is 13.2. The third-order valence-electron chi connectivity index (χ3n) is 9.53. The van der Waals surface area contributed by atoms with Gasteiger partial charge in [-0.2, -0.15) is 0 Å². The SMILES string of the molecule is O[C@H]1C(COCc2ccccc2)O[C@@H](OCc2ccccc2)C(OCc2ccccc2)[C@H]1O[C@H](Cc1ccccc1)CC1CCCCC1. The van der Waals surface area contributed by atoms with Crippen LogP contribution in [0.4, 0.5) is 0 Å². The van der Waals surface area contributed by atoms with E-state index in [0.29, 0.717) is 25.7 Å². The fraction of sp³-hybridized carbons (Fsp3) is 0.429. The molecule has 1 saturated carbocycles. The van der Waals surface area contributed by atoms with Crippen molar-refractivity contribution >= 4 is 0 Å². The van der Waals surface area contributed by atoms with Gasteiger partial charge in [-0.15, -0.1) is 0 Å². The quantitative estimate of drug-likeness (QED) is 0.132. The first-order chi connectivity index (χ1) is 23.7. The summed E-state index contributed by atoms with van der Waals surface area (Å²) in [6.45, 7) is 1.29. The van der Waals surface area contributed by atoms with Crippen molar-refractivity contribution in [1.29, 1.82) is 0 Å². The third-order valence-corrected chi connectivity index (χ3v) is 9.53. The van der Waals surface area contributed by atoms with E-state index in [0.717, 1.165) is 29.5 Å². The van der Waals surface area contributed by atoms with Crippen LogP contribution >= 0.6 is 0 Å². The number of hydrogen-bond donors (Lipinski definition) is 1. The van der Waals surface area contributed by atoms with Crippen LogP contribution in [0.5, 0.6) is 0 Å². The molecule has 6 atom stereocenters. The average molecular weight is 651 g/mol. The maximum atomic E-state index is 12.1. The molecule has 1 aliphatic heterocycles. The minimum Gasteiger partial charge on any atom is -0.387 e. The average Bonchev–Trinajstić information content (AvgIpc) is 3.14. The van der Waals surface area contributed by atoms with Gasteiger partial charge in [0.05, 0.1) is 32.5 Å². The molecule has 6 heteroatoms. The lowest BCUT2D eigenvalue weighted by Gasteiger charge is -2.45. The van der Waals surface area contributed by atoms with Crippen molar-refractivity contribution in [2.24, 2.45) is 5.92 Å². The predicted octanol–water partition coefficient (Wildman–Crippen LogP) is 8.06. The summed E-state index contributed by atoms with van der Waals surface area (Å²) in [6, 6.07) is 40.7. The van der Waals surface area contributed by atoms with Gasteiger partial charge in [0.15, 0.2) is 6.29 Å².